The van der Waals surface area contributed by atoms with Crippen LogP contribution >= 0.6 is 0 Å². The quantitative estimate of drug-likeness (QED) is 0.841. The third kappa shape index (κ3) is 4.54. The lowest BCUT2D eigenvalue weighted by molar-refractivity contribution is -0.122. The molecule has 0 spiro atoms. The van der Waals surface area contributed by atoms with Crippen molar-refractivity contribution >= 4 is 15.9 Å². The van der Waals surface area contributed by atoms with Gasteiger partial charge in [0.1, 0.15) is 0 Å². The number of hydrogen-bond acceptors (Lipinski definition) is 3. The summed E-state index contributed by atoms with van der Waals surface area (Å²) in [5, 5.41) is 2.68. The van der Waals surface area contributed by atoms with Gasteiger partial charge >= 0.3 is 0 Å². The van der Waals surface area contributed by atoms with Crippen molar-refractivity contribution < 1.29 is 13.2 Å². The van der Waals surface area contributed by atoms with Crippen LogP contribution in [0.1, 0.15) is 37.0 Å². The number of hydrogen-bond donors (Lipinski definition) is 2. The first-order valence-electron chi connectivity index (χ1n) is 7.07. The van der Waals surface area contributed by atoms with Gasteiger partial charge in [0.25, 0.3) is 0 Å². The zero-order valence-corrected chi connectivity index (χ0v) is 14.1. The van der Waals surface area contributed by atoms with E-state index >= 15 is 0 Å². The summed E-state index contributed by atoms with van der Waals surface area (Å²) in [5.41, 5.74) is 2.38. The van der Waals surface area contributed by atoms with E-state index in [-0.39, 0.29) is 10.8 Å². The van der Waals surface area contributed by atoms with Crippen molar-refractivity contribution in [1.29, 1.82) is 0 Å². The molecule has 0 saturated carbocycles. The van der Waals surface area contributed by atoms with Crippen molar-refractivity contribution in [3.05, 3.63) is 28.8 Å². The second-order valence-electron chi connectivity index (χ2n) is 5.36. The number of carbonyl (C=O) groups is 1. The van der Waals surface area contributed by atoms with Crippen LogP contribution in [0.5, 0.6) is 0 Å². The molecule has 0 radical (unpaired) electrons. The van der Waals surface area contributed by atoms with Crippen LogP contribution in [0.2, 0.25) is 0 Å². The normalized spacial score (nSPS) is 13.0. The molecule has 1 aromatic carbocycles. The van der Waals surface area contributed by atoms with Gasteiger partial charge in [-0.2, -0.15) is 4.72 Å². The third-order valence-electron chi connectivity index (χ3n) is 3.15. The second-order valence-corrected chi connectivity index (χ2v) is 7.01. The van der Waals surface area contributed by atoms with Crippen molar-refractivity contribution in [2.24, 2.45) is 0 Å². The van der Waals surface area contributed by atoms with Crippen LogP contribution in [-0.2, 0) is 14.8 Å². The highest BCUT2D eigenvalue weighted by atomic mass is 32.2. The average molecular weight is 312 g/mol. The Morgan fingerprint density at radius 1 is 1.19 bits per heavy atom. The molecule has 0 bridgehead atoms. The lowest BCUT2D eigenvalue weighted by Gasteiger charge is -2.17. The molecule has 1 atom stereocenters. The minimum absolute atomic E-state index is 0.253. The summed E-state index contributed by atoms with van der Waals surface area (Å²) in [7, 11) is -3.72. The predicted octanol–water partition coefficient (Wildman–Crippen LogP) is 1.80. The SMILES string of the molecule is CCCNC(=O)C(C)NS(=O)(=O)c1c(C)cc(C)cc1C. The lowest BCUT2D eigenvalue weighted by Crippen LogP contribution is -2.45. The Kier molecular flexibility index (Phi) is 5.92. The van der Waals surface area contributed by atoms with Crippen LogP contribution in [0.25, 0.3) is 0 Å². The zero-order chi connectivity index (χ0) is 16.2. The van der Waals surface area contributed by atoms with E-state index < -0.39 is 16.1 Å². The summed E-state index contributed by atoms with van der Waals surface area (Å²) in [6.07, 6.45) is 0.807. The second kappa shape index (κ2) is 7.04. The van der Waals surface area contributed by atoms with E-state index in [0.717, 1.165) is 12.0 Å². The highest BCUT2D eigenvalue weighted by Gasteiger charge is 2.24. The summed E-state index contributed by atoms with van der Waals surface area (Å²) in [6.45, 7) is 9.46. The molecule has 0 aromatic heterocycles. The lowest BCUT2D eigenvalue weighted by atomic mass is 10.1. The maximum Gasteiger partial charge on any atom is 0.241 e. The Morgan fingerprint density at radius 2 is 1.71 bits per heavy atom. The number of amides is 1. The van der Waals surface area contributed by atoms with Gasteiger partial charge < -0.3 is 5.32 Å². The molecule has 2 N–H and O–H groups in total. The fraction of sp³-hybridized carbons (Fsp3) is 0.533. The van der Waals surface area contributed by atoms with Crippen molar-refractivity contribution in [3.8, 4) is 0 Å². The minimum Gasteiger partial charge on any atom is -0.355 e. The van der Waals surface area contributed by atoms with Crippen LogP contribution in [0.4, 0.5) is 0 Å². The van der Waals surface area contributed by atoms with Gasteiger partial charge in [-0.15, -0.1) is 0 Å². The van der Waals surface area contributed by atoms with Crippen LogP contribution in [0.15, 0.2) is 17.0 Å². The molecule has 5 nitrogen and oxygen atoms in total. The Balaban J connectivity index is 3.00. The van der Waals surface area contributed by atoms with Gasteiger partial charge in [-0.1, -0.05) is 24.6 Å². The third-order valence-corrected chi connectivity index (χ3v) is 4.99. The fourth-order valence-electron chi connectivity index (χ4n) is 2.34. The topological polar surface area (TPSA) is 75.3 Å². The van der Waals surface area contributed by atoms with Crippen LogP contribution in [0.3, 0.4) is 0 Å². The summed E-state index contributed by atoms with van der Waals surface area (Å²) in [6, 6.07) is 2.84. The average Bonchev–Trinajstić information content (AvgIpc) is 2.33. The molecule has 0 fully saturated rings. The minimum atomic E-state index is -3.72. The van der Waals surface area contributed by atoms with Gasteiger partial charge in [-0.25, -0.2) is 8.42 Å². The molecule has 1 rings (SSSR count). The molecular weight excluding hydrogens is 288 g/mol. The maximum absolute atomic E-state index is 12.5. The Labute approximate surface area is 127 Å². The Hall–Kier alpha value is -1.40. The van der Waals surface area contributed by atoms with Crippen LogP contribution < -0.4 is 10.0 Å². The molecular formula is C15H24N2O3S. The molecule has 1 aromatic rings. The van der Waals surface area contributed by atoms with Gasteiger partial charge in [-0.3, -0.25) is 4.79 Å². The highest BCUT2D eigenvalue weighted by molar-refractivity contribution is 7.89. The molecule has 1 amide bonds. The summed E-state index contributed by atoms with van der Waals surface area (Å²) < 4.78 is 27.4. The van der Waals surface area contributed by atoms with Crippen molar-refractivity contribution in [1.82, 2.24) is 10.0 Å². The molecule has 0 aliphatic heterocycles. The molecule has 0 aliphatic carbocycles. The molecule has 0 aliphatic rings. The van der Waals surface area contributed by atoms with Gasteiger partial charge in [0.2, 0.25) is 15.9 Å². The molecule has 1 unspecified atom stereocenters. The summed E-state index contributed by atoms with van der Waals surface area (Å²) in [5.74, 6) is -0.317. The van der Waals surface area contributed by atoms with E-state index in [2.05, 4.69) is 10.0 Å². The molecule has 118 valence electrons. The Bertz CT molecular complexity index is 601. The molecule has 21 heavy (non-hydrogen) atoms. The zero-order valence-electron chi connectivity index (χ0n) is 13.3. The number of benzene rings is 1. The van der Waals surface area contributed by atoms with E-state index in [9.17, 15) is 13.2 Å². The number of nitrogens with one attached hydrogen (secondary N) is 2. The number of aryl methyl sites for hydroxylation is 3. The van der Waals surface area contributed by atoms with Gasteiger partial charge in [0.05, 0.1) is 10.9 Å². The predicted molar refractivity (Wildman–Crippen MR) is 83.7 cm³/mol. The van der Waals surface area contributed by atoms with Gasteiger partial charge in [0, 0.05) is 6.54 Å². The van der Waals surface area contributed by atoms with Gasteiger partial charge in [-0.05, 0) is 45.2 Å². The van der Waals surface area contributed by atoms with E-state index in [1.807, 2.05) is 26.0 Å². The molecule has 0 saturated heterocycles. The molecule has 6 heteroatoms. The van der Waals surface area contributed by atoms with Crippen molar-refractivity contribution in [3.63, 3.8) is 0 Å². The number of rotatable bonds is 6. The Morgan fingerprint density at radius 3 is 2.19 bits per heavy atom. The van der Waals surface area contributed by atoms with E-state index in [4.69, 9.17) is 0 Å². The highest BCUT2D eigenvalue weighted by Crippen LogP contribution is 2.21. The summed E-state index contributed by atoms with van der Waals surface area (Å²) in [4.78, 5) is 12.0. The fourth-order valence-corrected chi connectivity index (χ4v) is 3.99. The van der Waals surface area contributed by atoms with Crippen LogP contribution in [0, 0.1) is 20.8 Å². The van der Waals surface area contributed by atoms with Gasteiger partial charge in [0.15, 0.2) is 0 Å². The van der Waals surface area contributed by atoms with E-state index in [0.29, 0.717) is 17.7 Å². The number of sulfonamides is 1. The first-order valence-corrected chi connectivity index (χ1v) is 8.55. The molecule has 0 heterocycles. The summed E-state index contributed by atoms with van der Waals surface area (Å²) >= 11 is 0. The first kappa shape index (κ1) is 17.7. The maximum atomic E-state index is 12.5. The van der Waals surface area contributed by atoms with Crippen molar-refractivity contribution in [2.45, 2.75) is 52.0 Å². The largest absolute Gasteiger partial charge is 0.355 e. The smallest absolute Gasteiger partial charge is 0.241 e. The standard InChI is InChI=1S/C15H24N2O3S/c1-6-7-16-15(18)13(5)17-21(19,20)14-11(3)8-10(2)9-12(14)4/h8-9,13,17H,6-7H2,1-5H3,(H,16,18). The van der Waals surface area contributed by atoms with E-state index in [1.165, 1.54) is 0 Å². The first-order chi connectivity index (χ1) is 9.69. The van der Waals surface area contributed by atoms with E-state index in [1.54, 1.807) is 20.8 Å². The number of carbonyl (C=O) groups excluding carboxylic acids is 1. The monoisotopic (exact) mass is 312 g/mol. The van der Waals surface area contributed by atoms with Crippen molar-refractivity contribution in [2.75, 3.05) is 6.54 Å². The van der Waals surface area contributed by atoms with Crippen LogP contribution in [-0.4, -0.2) is 26.9 Å².